The molecule has 2 atom stereocenters. The summed E-state index contributed by atoms with van der Waals surface area (Å²) in [6, 6.07) is 11.5. The van der Waals surface area contributed by atoms with E-state index in [9.17, 15) is 0 Å². The SMILES string of the molecule is CNC(CCc1ccccc1)C1CC1(C)C. The first-order valence-electron chi connectivity index (χ1n) is 6.34. The van der Waals surface area contributed by atoms with Crippen LogP contribution in [-0.4, -0.2) is 13.1 Å². The van der Waals surface area contributed by atoms with Gasteiger partial charge in [-0.2, -0.15) is 0 Å². The Morgan fingerprint density at radius 2 is 1.94 bits per heavy atom. The molecule has 2 unspecified atom stereocenters. The molecule has 1 N–H and O–H groups in total. The monoisotopic (exact) mass is 217 g/mol. The molecule has 1 fully saturated rings. The number of nitrogens with one attached hydrogen (secondary N) is 1. The molecule has 1 aromatic carbocycles. The van der Waals surface area contributed by atoms with Crippen molar-refractivity contribution >= 4 is 0 Å². The van der Waals surface area contributed by atoms with Gasteiger partial charge in [-0.1, -0.05) is 44.2 Å². The van der Waals surface area contributed by atoms with Gasteiger partial charge >= 0.3 is 0 Å². The summed E-state index contributed by atoms with van der Waals surface area (Å²) in [7, 11) is 2.10. The third-order valence-electron chi connectivity index (χ3n) is 4.03. The summed E-state index contributed by atoms with van der Waals surface area (Å²) < 4.78 is 0. The Hall–Kier alpha value is -0.820. The maximum Gasteiger partial charge on any atom is 0.0101 e. The normalized spacial score (nSPS) is 24.1. The van der Waals surface area contributed by atoms with Gasteiger partial charge < -0.3 is 5.32 Å². The first-order valence-corrected chi connectivity index (χ1v) is 6.34. The topological polar surface area (TPSA) is 12.0 Å². The second-order valence-electron chi connectivity index (χ2n) is 5.72. The molecule has 0 aliphatic heterocycles. The third kappa shape index (κ3) is 2.65. The van der Waals surface area contributed by atoms with E-state index in [2.05, 4.69) is 56.5 Å². The molecule has 0 amide bonds. The highest BCUT2D eigenvalue weighted by atomic mass is 14.9. The van der Waals surface area contributed by atoms with Crippen LogP contribution in [0.5, 0.6) is 0 Å². The third-order valence-corrected chi connectivity index (χ3v) is 4.03. The van der Waals surface area contributed by atoms with E-state index >= 15 is 0 Å². The van der Waals surface area contributed by atoms with Gasteiger partial charge in [0.05, 0.1) is 0 Å². The van der Waals surface area contributed by atoms with Gasteiger partial charge in [0.2, 0.25) is 0 Å². The lowest BCUT2D eigenvalue weighted by Gasteiger charge is -2.17. The van der Waals surface area contributed by atoms with Gasteiger partial charge in [-0.05, 0) is 43.2 Å². The van der Waals surface area contributed by atoms with Crippen molar-refractivity contribution < 1.29 is 0 Å². The van der Waals surface area contributed by atoms with Crippen molar-refractivity contribution in [2.24, 2.45) is 11.3 Å². The van der Waals surface area contributed by atoms with Crippen molar-refractivity contribution in [3.05, 3.63) is 35.9 Å². The Kier molecular flexibility index (Phi) is 3.34. The van der Waals surface area contributed by atoms with E-state index in [1.54, 1.807) is 0 Å². The summed E-state index contributed by atoms with van der Waals surface area (Å²) in [5, 5.41) is 3.49. The van der Waals surface area contributed by atoms with Gasteiger partial charge in [0.15, 0.2) is 0 Å². The zero-order valence-electron chi connectivity index (χ0n) is 10.7. The van der Waals surface area contributed by atoms with Gasteiger partial charge in [0.1, 0.15) is 0 Å². The summed E-state index contributed by atoms with van der Waals surface area (Å²) in [4.78, 5) is 0. The van der Waals surface area contributed by atoms with E-state index in [-0.39, 0.29) is 0 Å². The van der Waals surface area contributed by atoms with Crippen LogP contribution >= 0.6 is 0 Å². The fourth-order valence-electron chi connectivity index (χ4n) is 2.71. The Balaban J connectivity index is 1.85. The van der Waals surface area contributed by atoms with Crippen molar-refractivity contribution in [2.45, 2.75) is 39.2 Å². The summed E-state index contributed by atoms with van der Waals surface area (Å²) in [5.74, 6) is 0.876. The number of hydrogen-bond donors (Lipinski definition) is 1. The minimum atomic E-state index is 0.574. The van der Waals surface area contributed by atoms with Crippen molar-refractivity contribution in [3.8, 4) is 0 Å². The Morgan fingerprint density at radius 1 is 1.31 bits per heavy atom. The highest BCUT2D eigenvalue weighted by Gasteiger charge is 2.49. The van der Waals surface area contributed by atoms with E-state index in [1.165, 1.54) is 24.8 Å². The molecule has 2 rings (SSSR count). The smallest absolute Gasteiger partial charge is 0.0101 e. The molecular formula is C15H23N. The van der Waals surface area contributed by atoms with E-state index in [1.807, 2.05) is 0 Å². The van der Waals surface area contributed by atoms with Crippen LogP contribution in [0, 0.1) is 11.3 Å². The van der Waals surface area contributed by atoms with Crippen LogP contribution < -0.4 is 5.32 Å². The van der Waals surface area contributed by atoms with Gasteiger partial charge in [-0.15, -0.1) is 0 Å². The summed E-state index contributed by atoms with van der Waals surface area (Å²) in [6.45, 7) is 4.76. The van der Waals surface area contributed by atoms with Crippen LogP contribution in [0.15, 0.2) is 30.3 Å². The lowest BCUT2D eigenvalue weighted by molar-refractivity contribution is 0.407. The molecule has 1 aliphatic carbocycles. The van der Waals surface area contributed by atoms with Gasteiger partial charge in [-0.25, -0.2) is 0 Å². The van der Waals surface area contributed by atoms with Gasteiger partial charge in [0, 0.05) is 6.04 Å². The minimum Gasteiger partial charge on any atom is -0.317 e. The van der Waals surface area contributed by atoms with Crippen LogP contribution in [0.1, 0.15) is 32.3 Å². The van der Waals surface area contributed by atoms with Crippen molar-refractivity contribution in [1.82, 2.24) is 5.32 Å². The molecule has 0 radical (unpaired) electrons. The summed E-state index contributed by atoms with van der Waals surface area (Å²) >= 11 is 0. The van der Waals surface area contributed by atoms with Crippen LogP contribution in [-0.2, 0) is 6.42 Å². The lowest BCUT2D eigenvalue weighted by atomic mass is 9.97. The van der Waals surface area contributed by atoms with Crippen LogP contribution in [0.25, 0.3) is 0 Å². The number of hydrogen-bond acceptors (Lipinski definition) is 1. The maximum absolute atomic E-state index is 3.49. The molecule has 0 aromatic heterocycles. The highest BCUT2D eigenvalue weighted by Crippen LogP contribution is 2.54. The first kappa shape index (κ1) is 11.7. The standard InChI is InChI=1S/C15H23N/c1-15(2)11-13(15)14(16-3)10-9-12-7-5-4-6-8-12/h4-8,13-14,16H,9-11H2,1-3H3. The number of aryl methyl sites for hydroxylation is 1. The second-order valence-corrected chi connectivity index (χ2v) is 5.72. The Morgan fingerprint density at radius 3 is 2.44 bits per heavy atom. The predicted octanol–water partition coefficient (Wildman–Crippen LogP) is 3.25. The molecule has 1 nitrogen and oxygen atoms in total. The summed E-state index contributed by atoms with van der Waals surface area (Å²) in [5.41, 5.74) is 2.03. The average Bonchev–Trinajstić information content (AvgIpc) is 2.90. The van der Waals surface area contributed by atoms with E-state index in [4.69, 9.17) is 0 Å². The molecule has 0 saturated heterocycles. The van der Waals surface area contributed by atoms with E-state index in [0.717, 1.165) is 5.92 Å². The van der Waals surface area contributed by atoms with Gasteiger partial charge in [0.25, 0.3) is 0 Å². The lowest BCUT2D eigenvalue weighted by Crippen LogP contribution is -2.29. The molecular weight excluding hydrogens is 194 g/mol. The fraction of sp³-hybridized carbons (Fsp3) is 0.600. The molecule has 1 heteroatoms. The molecule has 1 saturated carbocycles. The largest absolute Gasteiger partial charge is 0.317 e. The average molecular weight is 217 g/mol. The minimum absolute atomic E-state index is 0.574. The molecule has 1 aromatic rings. The van der Waals surface area contributed by atoms with Crippen LogP contribution in [0.4, 0.5) is 0 Å². The van der Waals surface area contributed by atoms with Crippen molar-refractivity contribution in [2.75, 3.05) is 7.05 Å². The second kappa shape index (κ2) is 4.58. The summed E-state index contributed by atoms with van der Waals surface area (Å²) in [6.07, 6.45) is 3.83. The molecule has 0 spiro atoms. The molecule has 0 heterocycles. The maximum atomic E-state index is 3.49. The van der Waals surface area contributed by atoms with E-state index in [0.29, 0.717) is 11.5 Å². The first-order chi connectivity index (χ1) is 7.63. The van der Waals surface area contributed by atoms with Crippen LogP contribution in [0.2, 0.25) is 0 Å². The van der Waals surface area contributed by atoms with Crippen molar-refractivity contribution in [1.29, 1.82) is 0 Å². The highest BCUT2D eigenvalue weighted by molar-refractivity contribution is 5.15. The molecule has 88 valence electrons. The van der Waals surface area contributed by atoms with Gasteiger partial charge in [-0.3, -0.25) is 0 Å². The zero-order chi connectivity index (χ0) is 11.6. The Labute approximate surface area is 99.3 Å². The molecule has 1 aliphatic rings. The fourth-order valence-corrected chi connectivity index (χ4v) is 2.71. The zero-order valence-corrected chi connectivity index (χ0v) is 10.7. The Bertz CT molecular complexity index is 329. The molecule has 0 bridgehead atoms. The van der Waals surface area contributed by atoms with E-state index < -0.39 is 0 Å². The van der Waals surface area contributed by atoms with Crippen molar-refractivity contribution in [3.63, 3.8) is 0 Å². The number of rotatable bonds is 5. The number of benzene rings is 1. The van der Waals surface area contributed by atoms with Crippen LogP contribution in [0.3, 0.4) is 0 Å². The molecule has 16 heavy (non-hydrogen) atoms. The quantitative estimate of drug-likeness (QED) is 0.798. The predicted molar refractivity (Wildman–Crippen MR) is 69.5 cm³/mol.